The lowest BCUT2D eigenvalue weighted by Gasteiger charge is -2.35. The fraction of sp³-hybridized carbons (Fsp3) is 0.591. The first-order valence-electron chi connectivity index (χ1n) is 11.3. The van der Waals surface area contributed by atoms with E-state index in [1.165, 1.54) is 0 Å². The van der Waals surface area contributed by atoms with Gasteiger partial charge in [0, 0.05) is 32.4 Å². The number of nitrogens with zero attached hydrogens (tertiary/aromatic N) is 6. The highest BCUT2D eigenvalue weighted by Gasteiger charge is 2.29. The molecule has 3 rings (SSSR count). The number of piperazine rings is 1. The standard InChI is InChI=1S/C22H32ClN7O4/c1-7-34-22(33)28-10-8-27(9-11-28)21(32)17(6)29-12-18(13(2)25-29)24-20(31)16(5)30-15(4)19(23)14(3)26-30/h12,16-17H,7-11H2,1-6H3,(H,24,31). The second-order valence-corrected chi connectivity index (χ2v) is 8.77. The number of hydrogen-bond donors (Lipinski definition) is 1. The molecule has 1 aliphatic heterocycles. The van der Waals surface area contributed by atoms with Crippen LogP contribution >= 0.6 is 11.6 Å². The molecule has 186 valence electrons. The van der Waals surface area contributed by atoms with Crippen molar-refractivity contribution < 1.29 is 19.1 Å². The van der Waals surface area contributed by atoms with E-state index < -0.39 is 12.1 Å². The summed E-state index contributed by atoms with van der Waals surface area (Å²) in [6.45, 7) is 12.7. The molecule has 0 radical (unpaired) electrons. The van der Waals surface area contributed by atoms with Gasteiger partial charge in [-0.05, 0) is 41.5 Å². The van der Waals surface area contributed by atoms with Gasteiger partial charge in [-0.1, -0.05) is 11.6 Å². The molecule has 1 aliphatic rings. The Morgan fingerprint density at radius 2 is 1.65 bits per heavy atom. The minimum Gasteiger partial charge on any atom is -0.450 e. The maximum atomic E-state index is 13.0. The average molecular weight is 494 g/mol. The molecule has 0 spiro atoms. The van der Waals surface area contributed by atoms with Gasteiger partial charge in [0.05, 0.1) is 34.4 Å². The second-order valence-electron chi connectivity index (χ2n) is 8.39. The summed E-state index contributed by atoms with van der Waals surface area (Å²) in [5.41, 5.74) is 2.50. The van der Waals surface area contributed by atoms with Gasteiger partial charge in [0.2, 0.25) is 11.8 Å². The van der Waals surface area contributed by atoms with Crippen LogP contribution in [0.4, 0.5) is 10.5 Å². The lowest BCUT2D eigenvalue weighted by atomic mass is 10.2. The molecule has 2 atom stereocenters. The molecule has 2 unspecified atom stereocenters. The third-order valence-electron chi connectivity index (χ3n) is 6.03. The molecule has 0 aromatic carbocycles. The number of halogens is 1. The van der Waals surface area contributed by atoms with Gasteiger partial charge < -0.3 is 19.9 Å². The summed E-state index contributed by atoms with van der Waals surface area (Å²) in [6.07, 6.45) is 1.30. The first kappa shape index (κ1) is 25.5. The Kier molecular flexibility index (Phi) is 7.86. The summed E-state index contributed by atoms with van der Waals surface area (Å²) in [7, 11) is 0. The van der Waals surface area contributed by atoms with Crippen molar-refractivity contribution in [2.24, 2.45) is 0 Å². The molecule has 3 amide bonds. The molecular formula is C22H32ClN7O4. The van der Waals surface area contributed by atoms with E-state index in [0.717, 1.165) is 5.69 Å². The number of aryl methyl sites for hydroxylation is 2. The third-order valence-corrected chi connectivity index (χ3v) is 6.58. The summed E-state index contributed by atoms with van der Waals surface area (Å²) in [5, 5.41) is 12.2. The molecule has 1 saturated heterocycles. The Morgan fingerprint density at radius 1 is 1.03 bits per heavy atom. The Hall–Kier alpha value is -3.08. The molecular weight excluding hydrogens is 462 g/mol. The third kappa shape index (κ3) is 5.19. The highest BCUT2D eigenvalue weighted by Crippen LogP contribution is 2.24. The normalized spacial score (nSPS) is 15.7. The van der Waals surface area contributed by atoms with Crippen molar-refractivity contribution in [2.45, 2.75) is 53.6 Å². The van der Waals surface area contributed by atoms with Crippen LogP contribution in [0.15, 0.2) is 6.20 Å². The number of rotatable bonds is 6. The molecule has 0 saturated carbocycles. The van der Waals surface area contributed by atoms with Crippen LogP contribution in [0.2, 0.25) is 5.02 Å². The molecule has 2 aromatic heterocycles. The predicted molar refractivity (Wildman–Crippen MR) is 127 cm³/mol. The number of ether oxygens (including phenoxy) is 1. The first-order chi connectivity index (χ1) is 16.0. The van der Waals surface area contributed by atoms with Crippen molar-refractivity contribution in [2.75, 3.05) is 38.1 Å². The number of anilines is 1. The SMILES string of the molecule is CCOC(=O)N1CCN(C(=O)C(C)n2cc(NC(=O)C(C)n3nc(C)c(Cl)c3C)c(C)n2)CC1. The van der Waals surface area contributed by atoms with Crippen molar-refractivity contribution in [3.63, 3.8) is 0 Å². The zero-order chi connectivity index (χ0) is 25.2. The molecule has 1 fully saturated rings. The minimum absolute atomic E-state index is 0.102. The quantitative estimate of drug-likeness (QED) is 0.661. The summed E-state index contributed by atoms with van der Waals surface area (Å²) >= 11 is 6.21. The zero-order valence-corrected chi connectivity index (χ0v) is 21.2. The Bertz CT molecular complexity index is 1070. The molecule has 12 heteroatoms. The van der Waals surface area contributed by atoms with Crippen LogP contribution in [-0.2, 0) is 14.3 Å². The van der Waals surface area contributed by atoms with Crippen LogP contribution < -0.4 is 5.32 Å². The highest BCUT2D eigenvalue weighted by atomic mass is 35.5. The van der Waals surface area contributed by atoms with Crippen molar-refractivity contribution in [1.29, 1.82) is 0 Å². The molecule has 34 heavy (non-hydrogen) atoms. The molecule has 3 heterocycles. The molecule has 2 aromatic rings. The molecule has 11 nitrogen and oxygen atoms in total. The van der Waals surface area contributed by atoms with E-state index in [9.17, 15) is 14.4 Å². The molecule has 0 aliphatic carbocycles. The van der Waals surface area contributed by atoms with Gasteiger partial charge in [0.25, 0.3) is 0 Å². The van der Waals surface area contributed by atoms with Crippen LogP contribution in [0.1, 0.15) is 49.9 Å². The molecule has 1 N–H and O–H groups in total. The Labute approximate surface area is 204 Å². The fourth-order valence-electron chi connectivity index (χ4n) is 3.87. The second kappa shape index (κ2) is 10.5. The van der Waals surface area contributed by atoms with Crippen LogP contribution in [0, 0.1) is 20.8 Å². The van der Waals surface area contributed by atoms with E-state index >= 15 is 0 Å². The highest BCUT2D eigenvalue weighted by molar-refractivity contribution is 6.31. The zero-order valence-electron chi connectivity index (χ0n) is 20.5. The summed E-state index contributed by atoms with van der Waals surface area (Å²) in [6, 6.07) is -1.14. The number of carbonyl (C=O) groups excluding carboxylic acids is 3. The van der Waals surface area contributed by atoms with Crippen molar-refractivity contribution in [1.82, 2.24) is 29.4 Å². The van der Waals surface area contributed by atoms with Crippen molar-refractivity contribution in [3.8, 4) is 0 Å². The van der Waals surface area contributed by atoms with E-state index in [0.29, 0.717) is 54.9 Å². The van der Waals surface area contributed by atoms with Gasteiger partial charge in [-0.2, -0.15) is 10.2 Å². The summed E-state index contributed by atoms with van der Waals surface area (Å²) in [4.78, 5) is 41.1. The van der Waals surface area contributed by atoms with Crippen molar-refractivity contribution in [3.05, 3.63) is 28.3 Å². The maximum absolute atomic E-state index is 13.0. The number of aromatic nitrogens is 4. The molecule has 0 bridgehead atoms. The number of hydrogen-bond acceptors (Lipinski definition) is 6. The largest absolute Gasteiger partial charge is 0.450 e. The van der Waals surface area contributed by atoms with Gasteiger partial charge in [0.15, 0.2) is 0 Å². The van der Waals surface area contributed by atoms with Gasteiger partial charge in [-0.15, -0.1) is 0 Å². The van der Waals surface area contributed by atoms with Crippen LogP contribution in [-0.4, -0.2) is 80.1 Å². The van der Waals surface area contributed by atoms with Gasteiger partial charge in [-0.25, -0.2) is 4.79 Å². The van der Waals surface area contributed by atoms with Crippen LogP contribution in [0.5, 0.6) is 0 Å². The first-order valence-corrected chi connectivity index (χ1v) is 11.7. The number of carbonyl (C=O) groups is 3. The smallest absolute Gasteiger partial charge is 0.409 e. The van der Waals surface area contributed by atoms with E-state index in [2.05, 4.69) is 15.5 Å². The Morgan fingerprint density at radius 3 is 2.21 bits per heavy atom. The summed E-state index contributed by atoms with van der Waals surface area (Å²) in [5.74, 6) is -0.367. The van der Waals surface area contributed by atoms with Gasteiger partial charge in [0.1, 0.15) is 12.1 Å². The monoisotopic (exact) mass is 493 g/mol. The van der Waals surface area contributed by atoms with E-state index in [4.69, 9.17) is 16.3 Å². The Balaban J connectivity index is 1.63. The fourth-order valence-corrected chi connectivity index (χ4v) is 4.00. The maximum Gasteiger partial charge on any atom is 0.409 e. The lowest BCUT2D eigenvalue weighted by molar-refractivity contribution is -0.136. The van der Waals surface area contributed by atoms with Gasteiger partial charge in [-0.3, -0.25) is 19.0 Å². The topological polar surface area (TPSA) is 115 Å². The van der Waals surface area contributed by atoms with E-state index in [1.54, 1.807) is 60.0 Å². The van der Waals surface area contributed by atoms with Crippen LogP contribution in [0.3, 0.4) is 0 Å². The summed E-state index contributed by atoms with van der Waals surface area (Å²) < 4.78 is 8.17. The average Bonchev–Trinajstić information content (AvgIpc) is 3.31. The number of amides is 3. The van der Waals surface area contributed by atoms with E-state index in [-0.39, 0.29) is 17.9 Å². The minimum atomic E-state index is -0.580. The lowest BCUT2D eigenvalue weighted by Crippen LogP contribution is -2.52. The van der Waals surface area contributed by atoms with E-state index in [1.807, 2.05) is 6.92 Å². The number of nitrogens with one attached hydrogen (secondary N) is 1. The predicted octanol–water partition coefficient (Wildman–Crippen LogP) is 2.72. The van der Waals surface area contributed by atoms with Gasteiger partial charge >= 0.3 is 6.09 Å². The van der Waals surface area contributed by atoms with Crippen LogP contribution in [0.25, 0.3) is 0 Å². The van der Waals surface area contributed by atoms with Crippen molar-refractivity contribution >= 4 is 35.2 Å².